The SMILES string of the molecule is C[C@H](NC(=O)c1ccc(F)cc1)[C@@H]1CC2CCC1CC2. The highest BCUT2D eigenvalue weighted by Gasteiger charge is 2.38. The van der Waals surface area contributed by atoms with Crippen molar-refractivity contribution in [3.63, 3.8) is 0 Å². The maximum Gasteiger partial charge on any atom is 0.251 e. The van der Waals surface area contributed by atoms with Crippen molar-refractivity contribution in [1.82, 2.24) is 5.32 Å². The molecule has 0 radical (unpaired) electrons. The van der Waals surface area contributed by atoms with Crippen LogP contribution in [-0.4, -0.2) is 11.9 Å². The van der Waals surface area contributed by atoms with Gasteiger partial charge in [-0.1, -0.05) is 12.8 Å². The Morgan fingerprint density at radius 3 is 2.40 bits per heavy atom. The largest absolute Gasteiger partial charge is 0.349 e. The molecule has 108 valence electrons. The first-order valence-electron chi connectivity index (χ1n) is 7.70. The van der Waals surface area contributed by atoms with E-state index in [0.29, 0.717) is 11.5 Å². The van der Waals surface area contributed by atoms with Crippen molar-refractivity contribution in [2.75, 3.05) is 0 Å². The molecule has 3 aliphatic rings. The van der Waals surface area contributed by atoms with Crippen LogP contribution < -0.4 is 5.32 Å². The molecule has 1 aromatic rings. The highest BCUT2D eigenvalue weighted by Crippen LogP contribution is 2.46. The fraction of sp³-hybridized carbons (Fsp3) is 0.588. The standard InChI is InChI=1S/C17H22FNO/c1-11(16-10-12-2-4-13(16)5-3-12)19-17(20)14-6-8-15(18)9-7-14/h6-9,11-13,16H,2-5,10H2,1H3,(H,19,20)/t11-,12?,13?,16-/m0/s1. The molecule has 1 aromatic carbocycles. The van der Waals surface area contributed by atoms with Crippen LogP contribution in [0.5, 0.6) is 0 Å². The smallest absolute Gasteiger partial charge is 0.251 e. The molecule has 2 bridgehead atoms. The lowest BCUT2D eigenvalue weighted by molar-refractivity contribution is 0.0669. The summed E-state index contributed by atoms with van der Waals surface area (Å²) in [5.74, 6) is 1.88. The van der Waals surface area contributed by atoms with Crippen molar-refractivity contribution < 1.29 is 9.18 Å². The summed E-state index contributed by atoms with van der Waals surface area (Å²) in [6, 6.07) is 5.97. The van der Waals surface area contributed by atoms with E-state index in [1.165, 1.54) is 44.2 Å². The monoisotopic (exact) mass is 275 g/mol. The van der Waals surface area contributed by atoms with E-state index in [0.717, 1.165) is 11.8 Å². The number of amides is 1. The van der Waals surface area contributed by atoms with Crippen LogP contribution in [0.2, 0.25) is 0 Å². The summed E-state index contributed by atoms with van der Waals surface area (Å²) in [5, 5.41) is 3.11. The molecule has 20 heavy (non-hydrogen) atoms. The molecule has 0 unspecified atom stereocenters. The van der Waals surface area contributed by atoms with Gasteiger partial charge in [0.25, 0.3) is 5.91 Å². The summed E-state index contributed by atoms with van der Waals surface area (Å²) in [6.45, 7) is 2.12. The summed E-state index contributed by atoms with van der Waals surface area (Å²) in [5.41, 5.74) is 0.541. The number of fused-ring (bicyclic) bond motifs is 3. The molecule has 0 spiro atoms. The van der Waals surface area contributed by atoms with Crippen molar-refractivity contribution in [3.05, 3.63) is 35.6 Å². The first-order chi connectivity index (χ1) is 9.63. The summed E-state index contributed by atoms with van der Waals surface area (Å²) >= 11 is 0. The minimum atomic E-state index is -0.306. The molecule has 0 aromatic heterocycles. The third-order valence-electron chi connectivity index (χ3n) is 5.21. The Bertz CT molecular complexity index is 476. The van der Waals surface area contributed by atoms with E-state index in [9.17, 15) is 9.18 Å². The van der Waals surface area contributed by atoms with Crippen molar-refractivity contribution >= 4 is 5.91 Å². The highest BCUT2D eigenvalue weighted by atomic mass is 19.1. The second kappa shape index (κ2) is 5.55. The van der Waals surface area contributed by atoms with Crippen LogP contribution in [0.1, 0.15) is 49.4 Å². The molecule has 1 N–H and O–H groups in total. The molecule has 0 saturated heterocycles. The molecule has 4 rings (SSSR count). The number of hydrogen-bond donors (Lipinski definition) is 1. The van der Waals surface area contributed by atoms with Gasteiger partial charge in [0.05, 0.1) is 0 Å². The van der Waals surface area contributed by atoms with Gasteiger partial charge in [0.15, 0.2) is 0 Å². The average molecular weight is 275 g/mol. The topological polar surface area (TPSA) is 29.1 Å². The molecule has 3 aliphatic carbocycles. The molecular weight excluding hydrogens is 253 g/mol. The lowest BCUT2D eigenvalue weighted by atomic mass is 9.63. The van der Waals surface area contributed by atoms with Crippen LogP contribution in [0.25, 0.3) is 0 Å². The van der Waals surface area contributed by atoms with E-state index in [2.05, 4.69) is 12.2 Å². The molecule has 0 heterocycles. The molecular formula is C17H22FNO. The Morgan fingerprint density at radius 2 is 1.85 bits per heavy atom. The zero-order valence-electron chi connectivity index (χ0n) is 11.9. The third-order valence-corrected chi connectivity index (χ3v) is 5.21. The van der Waals surface area contributed by atoms with Gasteiger partial charge in [-0.25, -0.2) is 4.39 Å². The summed E-state index contributed by atoms with van der Waals surface area (Å²) in [7, 11) is 0. The fourth-order valence-electron chi connectivity index (χ4n) is 4.04. The fourth-order valence-corrected chi connectivity index (χ4v) is 4.04. The van der Waals surface area contributed by atoms with Gasteiger partial charge in [0, 0.05) is 11.6 Å². The lowest BCUT2D eigenvalue weighted by Crippen LogP contribution is -2.45. The van der Waals surface area contributed by atoms with E-state index in [1.54, 1.807) is 12.1 Å². The lowest BCUT2D eigenvalue weighted by Gasteiger charge is -2.45. The Balaban J connectivity index is 1.62. The van der Waals surface area contributed by atoms with Crippen molar-refractivity contribution in [3.8, 4) is 0 Å². The molecule has 2 nitrogen and oxygen atoms in total. The second-order valence-corrected chi connectivity index (χ2v) is 6.45. The Kier molecular flexibility index (Phi) is 3.77. The van der Waals surface area contributed by atoms with Gasteiger partial charge in [0.1, 0.15) is 5.82 Å². The van der Waals surface area contributed by atoms with Crippen LogP contribution in [0.4, 0.5) is 4.39 Å². The maximum atomic E-state index is 12.9. The predicted octanol–water partition coefficient (Wildman–Crippen LogP) is 3.77. The summed E-state index contributed by atoms with van der Waals surface area (Å²) < 4.78 is 12.9. The van der Waals surface area contributed by atoms with Crippen LogP contribution >= 0.6 is 0 Å². The summed E-state index contributed by atoms with van der Waals surface area (Å²) in [6.07, 6.45) is 6.66. The second-order valence-electron chi connectivity index (χ2n) is 6.45. The van der Waals surface area contributed by atoms with Gasteiger partial charge >= 0.3 is 0 Å². The maximum absolute atomic E-state index is 12.9. The van der Waals surface area contributed by atoms with Crippen LogP contribution in [0.15, 0.2) is 24.3 Å². The van der Waals surface area contributed by atoms with Crippen LogP contribution in [0.3, 0.4) is 0 Å². The molecule has 3 fully saturated rings. The molecule has 2 atom stereocenters. The minimum Gasteiger partial charge on any atom is -0.349 e. The first kappa shape index (κ1) is 13.6. The quantitative estimate of drug-likeness (QED) is 0.894. The van der Waals surface area contributed by atoms with Gasteiger partial charge in [-0.05, 0) is 68.2 Å². The van der Waals surface area contributed by atoms with E-state index < -0.39 is 0 Å². The first-order valence-corrected chi connectivity index (χ1v) is 7.70. The van der Waals surface area contributed by atoms with Crippen LogP contribution in [-0.2, 0) is 0 Å². The summed E-state index contributed by atoms with van der Waals surface area (Å²) in [4.78, 5) is 12.2. The van der Waals surface area contributed by atoms with Crippen molar-refractivity contribution in [2.45, 2.75) is 45.1 Å². The minimum absolute atomic E-state index is 0.0843. The van der Waals surface area contributed by atoms with Gasteiger partial charge in [-0.3, -0.25) is 4.79 Å². The number of rotatable bonds is 3. The zero-order valence-corrected chi connectivity index (χ0v) is 11.9. The van der Waals surface area contributed by atoms with E-state index >= 15 is 0 Å². The van der Waals surface area contributed by atoms with Crippen LogP contribution in [0, 0.1) is 23.6 Å². The Labute approximate surface area is 119 Å². The number of benzene rings is 1. The molecule has 3 heteroatoms. The van der Waals surface area contributed by atoms with Gasteiger partial charge in [-0.2, -0.15) is 0 Å². The highest BCUT2D eigenvalue weighted by molar-refractivity contribution is 5.94. The molecule has 0 aliphatic heterocycles. The van der Waals surface area contributed by atoms with Gasteiger partial charge < -0.3 is 5.32 Å². The number of carbonyl (C=O) groups excluding carboxylic acids is 1. The van der Waals surface area contributed by atoms with Crippen molar-refractivity contribution in [1.29, 1.82) is 0 Å². The van der Waals surface area contributed by atoms with E-state index in [-0.39, 0.29) is 17.8 Å². The zero-order chi connectivity index (χ0) is 14.1. The van der Waals surface area contributed by atoms with E-state index in [4.69, 9.17) is 0 Å². The number of halogens is 1. The number of nitrogens with one attached hydrogen (secondary N) is 1. The number of hydrogen-bond acceptors (Lipinski definition) is 1. The predicted molar refractivity (Wildman–Crippen MR) is 76.9 cm³/mol. The Morgan fingerprint density at radius 1 is 1.20 bits per heavy atom. The molecule has 3 saturated carbocycles. The van der Waals surface area contributed by atoms with Crippen molar-refractivity contribution in [2.24, 2.45) is 17.8 Å². The normalized spacial score (nSPS) is 30.0. The number of carbonyl (C=O) groups is 1. The third kappa shape index (κ3) is 2.72. The molecule has 1 amide bonds. The Hall–Kier alpha value is -1.38. The average Bonchev–Trinajstić information content (AvgIpc) is 2.49. The van der Waals surface area contributed by atoms with E-state index in [1.807, 2.05) is 0 Å². The van der Waals surface area contributed by atoms with Gasteiger partial charge in [-0.15, -0.1) is 0 Å². The van der Waals surface area contributed by atoms with Gasteiger partial charge in [0.2, 0.25) is 0 Å².